The number of hydrogen-bond donors (Lipinski definition) is 1. The summed E-state index contributed by atoms with van der Waals surface area (Å²) in [7, 11) is 0. The van der Waals surface area contributed by atoms with Crippen molar-refractivity contribution in [1.82, 2.24) is 0 Å². The Hall–Kier alpha value is -2.81. The number of esters is 1. The van der Waals surface area contributed by atoms with E-state index < -0.39 is 5.97 Å². The van der Waals surface area contributed by atoms with Gasteiger partial charge in [-0.25, -0.2) is 0 Å². The molecule has 0 amide bonds. The highest BCUT2D eigenvalue weighted by Crippen LogP contribution is 2.10. The van der Waals surface area contributed by atoms with Crippen LogP contribution in [0.5, 0.6) is 5.75 Å². The predicted molar refractivity (Wildman–Crippen MR) is 193 cm³/mol. The highest BCUT2D eigenvalue weighted by atomic mass is 16.6. The Morgan fingerprint density at radius 2 is 0.722 bits per heavy atom. The zero-order valence-corrected chi connectivity index (χ0v) is 31.7. The molecular weight excluding hydrogens is 716 g/mol. The normalized spacial score (nSPS) is 11.2. The van der Waals surface area contributed by atoms with Crippen LogP contribution in [0, 0.1) is 0 Å². The van der Waals surface area contributed by atoms with E-state index in [1.54, 1.807) is 24.3 Å². The van der Waals surface area contributed by atoms with E-state index in [0.717, 1.165) is 6.29 Å². The zero-order chi connectivity index (χ0) is 38.8. The van der Waals surface area contributed by atoms with Crippen LogP contribution in [0.4, 0.5) is 0 Å². The van der Waals surface area contributed by atoms with Crippen molar-refractivity contribution >= 4 is 18.2 Å². The Morgan fingerprint density at radius 3 is 1.04 bits per heavy atom. The molecule has 0 atom stereocenters. The van der Waals surface area contributed by atoms with Gasteiger partial charge in [-0.2, -0.15) is 0 Å². The van der Waals surface area contributed by atoms with Crippen molar-refractivity contribution in [3.63, 3.8) is 0 Å². The van der Waals surface area contributed by atoms with Crippen molar-refractivity contribution in [2.24, 2.45) is 0 Å². The van der Waals surface area contributed by atoms with Crippen molar-refractivity contribution in [2.45, 2.75) is 25.7 Å². The maximum absolute atomic E-state index is 11.5. The summed E-state index contributed by atoms with van der Waals surface area (Å²) in [6.45, 7) is 10.6. The molecule has 0 saturated heterocycles. The van der Waals surface area contributed by atoms with E-state index >= 15 is 0 Å². The van der Waals surface area contributed by atoms with E-state index in [-0.39, 0.29) is 32.0 Å². The topological polar surface area (TPSA) is 191 Å². The van der Waals surface area contributed by atoms with Crippen LogP contribution in [0.15, 0.2) is 24.3 Å². The summed E-state index contributed by atoms with van der Waals surface area (Å²) in [5.41, 5.74) is 0.611. The lowest BCUT2D eigenvalue weighted by molar-refractivity contribution is -0.146. The molecule has 0 bridgehead atoms. The largest absolute Gasteiger partial charge is 0.491 e. The molecule has 0 spiro atoms. The van der Waals surface area contributed by atoms with Gasteiger partial charge in [0.05, 0.1) is 145 Å². The van der Waals surface area contributed by atoms with Gasteiger partial charge in [-0.15, -0.1) is 0 Å². The molecule has 0 aliphatic rings. The molecule has 0 aromatic heterocycles. The fraction of sp³-hybridized carbons (Fsp3) is 0.757. The summed E-state index contributed by atoms with van der Waals surface area (Å²) < 4.78 is 70.5. The molecule has 54 heavy (non-hydrogen) atoms. The molecular formula is C37H62O17. The zero-order valence-electron chi connectivity index (χ0n) is 31.7. The first-order valence-corrected chi connectivity index (χ1v) is 18.5. The quantitative estimate of drug-likeness (QED) is 0.0576. The predicted octanol–water partition coefficient (Wildman–Crippen LogP) is 2.25. The maximum Gasteiger partial charge on any atom is 0.305 e. The van der Waals surface area contributed by atoms with Crippen molar-refractivity contribution in [1.29, 1.82) is 0 Å². The van der Waals surface area contributed by atoms with Gasteiger partial charge in [-0.05, 0) is 37.1 Å². The first kappa shape index (κ1) is 49.2. The molecule has 312 valence electrons. The van der Waals surface area contributed by atoms with Gasteiger partial charge in [0, 0.05) is 18.4 Å². The number of hydrogen-bond acceptors (Lipinski definition) is 16. The number of carbonyl (C=O) groups excluding carboxylic acids is 2. The summed E-state index contributed by atoms with van der Waals surface area (Å²) in [5.74, 6) is -0.522. The molecule has 0 heterocycles. The first-order chi connectivity index (χ1) is 26.6. The minimum atomic E-state index is -0.866. The monoisotopic (exact) mass is 778 g/mol. The van der Waals surface area contributed by atoms with Gasteiger partial charge in [0.25, 0.3) is 0 Å². The third-order valence-electron chi connectivity index (χ3n) is 6.74. The lowest BCUT2D eigenvalue weighted by atomic mass is 10.2. The molecule has 0 saturated carbocycles. The van der Waals surface area contributed by atoms with Gasteiger partial charge in [0.15, 0.2) is 0 Å². The molecule has 17 nitrogen and oxygen atoms in total. The van der Waals surface area contributed by atoms with E-state index in [4.69, 9.17) is 66.7 Å². The number of aliphatic carboxylic acids is 1. The number of carboxylic acid groups (broad SMARTS) is 1. The Balaban J connectivity index is 1.64. The fourth-order valence-corrected chi connectivity index (χ4v) is 3.99. The van der Waals surface area contributed by atoms with Crippen LogP contribution in [-0.2, 0) is 66.4 Å². The van der Waals surface area contributed by atoms with Gasteiger partial charge in [-0.1, -0.05) is 0 Å². The lowest BCUT2D eigenvalue weighted by Crippen LogP contribution is -2.16. The standard InChI is InChI=1S/C37H62O17/c38-33-34-5-7-35(8-6-34)53-31-29-51-27-25-49-23-21-47-19-17-45-15-13-43-11-9-42-10-12-44-14-16-46-18-20-48-22-24-50-26-28-52-30-32-54-37(41)4-2-1-3-36(39)40/h5-8,33H,1-4,9-32H2,(H,39,40). The number of benzene rings is 1. The van der Waals surface area contributed by atoms with E-state index in [2.05, 4.69) is 0 Å². The molecule has 0 fully saturated rings. The van der Waals surface area contributed by atoms with Crippen molar-refractivity contribution in [3.05, 3.63) is 29.8 Å². The van der Waals surface area contributed by atoms with Gasteiger partial charge in [-0.3, -0.25) is 14.4 Å². The molecule has 1 aromatic carbocycles. The average Bonchev–Trinajstić information content (AvgIpc) is 3.18. The Labute approximate surface area is 318 Å². The molecule has 0 unspecified atom stereocenters. The first-order valence-electron chi connectivity index (χ1n) is 18.5. The molecule has 0 aliphatic heterocycles. The maximum atomic E-state index is 11.5. The summed E-state index contributed by atoms with van der Waals surface area (Å²) in [5, 5.41) is 8.56. The van der Waals surface area contributed by atoms with Crippen LogP contribution in [0.3, 0.4) is 0 Å². The molecule has 1 rings (SSSR count). The third-order valence-corrected chi connectivity index (χ3v) is 6.74. The number of ether oxygens (including phenoxy) is 13. The van der Waals surface area contributed by atoms with Crippen LogP contribution in [-0.4, -0.2) is 182 Å². The SMILES string of the molecule is O=Cc1ccc(OCCOCCOCCOCCOCCOCCOCCOCCOCCOCCOCCOCCOC(=O)CCCCC(=O)O)cc1. The van der Waals surface area contributed by atoms with Crippen LogP contribution in [0.1, 0.15) is 36.0 Å². The van der Waals surface area contributed by atoms with Crippen molar-refractivity contribution in [2.75, 3.05) is 159 Å². The van der Waals surface area contributed by atoms with Crippen molar-refractivity contribution < 1.29 is 81.1 Å². The summed E-state index contributed by atoms with van der Waals surface area (Å²) in [6.07, 6.45) is 2.01. The molecule has 0 radical (unpaired) electrons. The van der Waals surface area contributed by atoms with Gasteiger partial charge in [0.2, 0.25) is 0 Å². The summed E-state index contributed by atoms with van der Waals surface area (Å²) in [4.78, 5) is 32.6. The highest BCUT2D eigenvalue weighted by Gasteiger charge is 2.04. The average molecular weight is 779 g/mol. The number of carboxylic acids is 1. The van der Waals surface area contributed by atoms with Gasteiger partial charge in [0.1, 0.15) is 25.2 Å². The van der Waals surface area contributed by atoms with E-state index in [1.165, 1.54) is 0 Å². The minimum Gasteiger partial charge on any atom is -0.491 e. The van der Waals surface area contributed by atoms with Gasteiger partial charge < -0.3 is 66.7 Å². The van der Waals surface area contributed by atoms with Crippen LogP contribution >= 0.6 is 0 Å². The molecule has 1 aromatic rings. The smallest absolute Gasteiger partial charge is 0.305 e. The molecule has 0 aliphatic carbocycles. The highest BCUT2D eigenvalue weighted by molar-refractivity contribution is 5.74. The molecule has 17 heteroatoms. The molecule has 1 N–H and O–H groups in total. The Morgan fingerprint density at radius 1 is 0.426 bits per heavy atom. The number of unbranched alkanes of at least 4 members (excludes halogenated alkanes) is 1. The third kappa shape index (κ3) is 36.2. The van der Waals surface area contributed by atoms with E-state index in [1.807, 2.05) is 0 Å². The fourth-order valence-electron chi connectivity index (χ4n) is 3.99. The number of carbonyl (C=O) groups is 3. The van der Waals surface area contributed by atoms with Crippen molar-refractivity contribution in [3.8, 4) is 5.75 Å². The van der Waals surface area contributed by atoms with Gasteiger partial charge >= 0.3 is 11.9 Å². The Bertz CT molecular complexity index is 982. The van der Waals surface area contributed by atoms with E-state index in [0.29, 0.717) is 170 Å². The van der Waals surface area contributed by atoms with Crippen LogP contribution in [0.25, 0.3) is 0 Å². The number of aldehydes is 1. The second-order valence-corrected chi connectivity index (χ2v) is 11.1. The summed E-state index contributed by atoms with van der Waals surface area (Å²) >= 11 is 0. The number of rotatable bonds is 43. The summed E-state index contributed by atoms with van der Waals surface area (Å²) in [6, 6.07) is 6.91. The minimum absolute atomic E-state index is 0.0560. The second kappa shape index (κ2) is 39.9. The Kier molecular flexibility index (Phi) is 36.3. The lowest BCUT2D eigenvalue weighted by Gasteiger charge is -2.09. The van der Waals surface area contributed by atoms with E-state index in [9.17, 15) is 14.4 Å². The van der Waals surface area contributed by atoms with Crippen LogP contribution in [0.2, 0.25) is 0 Å². The second-order valence-electron chi connectivity index (χ2n) is 11.1. The van der Waals surface area contributed by atoms with Crippen LogP contribution < -0.4 is 4.74 Å².